The topological polar surface area (TPSA) is 56.1 Å². The lowest BCUT2D eigenvalue weighted by Crippen LogP contribution is -2.51. The quantitative estimate of drug-likeness (QED) is 0.690. The smallest absolute Gasteiger partial charge is 0.244 e. The molecule has 1 aliphatic carbocycles. The normalized spacial score (nSPS) is 18.3. The zero-order valence-corrected chi connectivity index (χ0v) is 18.1. The van der Waals surface area contributed by atoms with Gasteiger partial charge in [-0.05, 0) is 54.5 Å². The number of benzene rings is 2. The number of amides is 1. The molecule has 1 saturated carbocycles. The second kappa shape index (κ2) is 9.94. The Kier molecular flexibility index (Phi) is 6.84. The maximum absolute atomic E-state index is 12.7. The Labute approximate surface area is 185 Å². The minimum Gasteiger partial charge on any atom is -0.347 e. The van der Waals surface area contributed by atoms with E-state index in [4.69, 9.17) is 0 Å². The highest BCUT2D eigenvalue weighted by molar-refractivity contribution is 5.92. The molecular formula is C27H31N3O. The fourth-order valence-corrected chi connectivity index (χ4v) is 5.04. The lowest BCUT2D eigenvalue weighted by molar-refractivity contribution is -0.118. The summed E-state index contributed by atoms with van der Waals surface area (Å²) >= 11 is 0. The minimum atomic E-state index is -0.106. The zero-order chi connectivity index (χ0) is 21.5. The van der Waals surface area contributed by atoms with Crippen LogP contribution in [0, 0.1) is 11.3 Å². The number of fused-ring (bicyclic) bond motifs is 1. The lowest BCUT2D eigenvalue weighted by atomic mass is 9.79. The number of nitrogens with one attached hydrogen (secondary N) is 1. The summed E-state index contributed by atoms with van der Waals surface area (Å²) < 4.78 is 0. The zero-order valence-electron chi connectivity index (χ0n) is 18.1. The fourth-order valence-electron chi connectivity index (χ4n) is 5.04. The van der Waals surface area contributed by atoms with Crippen LogP contribution in [0.4, 0.5) is 0 Å². The monoisotopic (exact) mass is 413 g/mol. The Hall–Kier alpha value is -2.90. The van der Waals surface area contributed by atoms with Gasteiger partial charge >= 0.3 is 0 Å². The van der Waals surface area contributed by atoms with Crippen LogP contribution in [0.3, 0.4) is 0 Å². The average molecular weight is 414 g/mol. The molecule has 31 heavy (non-hydrogen) atoms. The van der Waals surface area contributed by atoms with Crippen LogP contribution in [0.1, 0.15) is 60.8 Å². The highest BCUT2D eigenvalue weighted by Gasteiger charge is 2.33. The number of carbonyl (C=O) groups excluding carboxylic acids is 1. The van der Waals surface area contributed by atoms with Gasteiger partial charge in [-0.25, -0.2) is 0 Å². The second-order valence-electron chi connectivity index (χ2n) is 8.91. The number of nitriles is 1. The molecule has 4 nitrogen and oxygen atoms in total. The molecule has 2 aromatic rings. The molecule has 0 spiro atoms. The average Bonchev–Trinajstić information content (AvgIpc) is 2.82. The SMILES string of the molecule is N#Cc1cccc2c1CCN(CCC1(NC(=O)C=Cc3ccccc3)CCCCC1)C2. The molecule has 2 aliphatic rings. The summed E-state index contributed by atoms with van der Waals surface area (Å²) in [6.07, 6.45) is 11.2. The molecule has 160 valence electrons. The fraction of sp³-hybridized carbons (Fsp3) is 0.407. The Bertz CT molecular complexity index is 968. The van der Waals surface area contributed by atoms with Crippen molar-refractivity contribution in [3.63, 3.8) is 0 Å². The molecule has 0 atom stereocenters. The van der Waals surface area contributed by atoms with Gasteiger partial charge in [-0.2, -0.15) is 5.26 Å². The molecule has 4 heteroatoms. The van der Waals surface area contributed by atoms with Gasteiger partial charge in [0.1, 0.15) is 0 Å². The highest BCUT2D eigenvalue weighted by atomic mass is 16.1. The molecule has 4 rings (SSSR count). The Morgan fingerprint density at radius 3 is 2.68 bits per heavy atom. The van der Waals surface area contributed by atoms with Gasteiger partial charge in [0, 0.05) is 31.2 Å². The first-order chi connectivity index (χ1) is 15.2. The number of carbonyl (C=O) groups is 1. The molecule has 2 aromatic carbocycles. The molecule has 1 heterocycles. The van der Waals surface area contributed by atoms with E-state index in [-0.39, 0.29) is 11.4 Å². The Morgan fingerprint density at radius 2 is 1.90 bits per heavy atom. The van der Waals surface area contributed by atoms with Gasteiger partial charge in [0.25, 0.3) is 0 Å². The van der Waals surface area contributed by atoms with Crippen LogP contribution in [0.15, 0.2) is 54.6 Å². The van der Waals surface area contributed by atoms with Crippen LogP contribution in [-0.2, 0) is 17.8 Å². The Balaban J connectivity index is 1.38. The first-order valence-corrected chi connectivity index (χ1v) is 11.5. The van der Waals surface area contributed by atoms with E-state index in [0.717, 1.165) is 56.4 Å². The van der Waals surface area contributed by atoms with Crippen molar-refractivity contribution in [2.75, 3.05) is 13.1 Å². The van der Waals surface area contributed by atoms with E-state index < -0.39 is 0 Å². The second-order valence-corrected chi connectivity index (χ2v) is 8.91. The van der Waals surface area contributed by atoms with Crippen molar-refractivity contribution in [2.45, 2.75) is 57.0 Å². The first-order valence-electron chi connectivity index (χ1n) is 11.5. The summed E-state index contributed by atoms with van der Waals surface area (Å²) in [5, 5.41) is 12.7. The van der Waals surface area contributed by atoms with E-state index in [1.807, 2.05) is 48.5 Å². The van der Waals surface area contributed by atoms with Gasteiger partial charge in [0.2, 0.25) is 5.91 Å². The van der Waals surface area contributed by atoms with E-state index in [2.05, 4.69) is 22.4 Å². The number of hydrogen-bond donors (Lipinski definition) is 1. The predicted octanol–water partition coefficient (Wildman–Crippen LogP) is 4.84. The van der Waals surface area contributed by atoms with Crippen LogP contribution in [-0.4, -0.2) is 29.4 Å². The van der Waals surface area contributed by atoms with Crippen LogP contribution < -0.4 is 5.32 Å². The lowest BCUT2D eigenvalue weighted by Gasteiger charge is -2.40. The summed E-state index contributed by atoms with van der Waals surface area (Å²) in [5.41, 5.74) is 4.24. The van der Waals surface area contributed by atoms with Crippen molar-refractivity contribution < 1.29 is 4.79 Å². The highest BCUT2D eigenvalue weighted by Crippen LogP contribution is 2.32. The standard InChI is InChI=1S/C27H31N3O/c28-20-23-10-7-11-24-21-30(18-14-25(23)24)19-17-27(15-5-2-6-16-27)29-26(31)13-12-22-8-3-1-4-9-22/h1,3-4,7-13H,2,5-6,14-19,21H2,(H,29,31). The third-order valence-electron chi connectivity index (χ3n) is 6.80. The van der Waals surface area contributed by atoms with Crippen molar-refractivity contribution in [1.82, 2.24) is 10.2 Å². The Morgan fingerprint density at radius 1 is 1.10 bits per heavy atom. The molecule has 0 aromatic heterocycles. The molecule has 0 saturated heterocycles. The van der Waals surface area contributed by atoms with Crippen molar-refractivity contribution in [3.05, 3.63) is 76.9 Å². The van der Waals surface area contributed by atoms with E-state index in [9.17, 15) is 10.1 Å². The summed E-state index contributed by atoms with van der Waals surface area (Å²) in [5.74, 6) is 0.00778. The maximum atomic E-state index is 12.7. The predicted molar refractivity (Wildman–Crippen MR) is 124 cm³/mol. The van der Waals surface area contributed by atoms with Gasteiger partial charge in [-0.15, -0.1) is 0 Å². The molecule has 1 N–H and O–H groups in total. The van der Waals surface area contributed by atoms with Crippen molar-refractivity contribution in [1.29, 1.82) is 5.26 Å². The summed E-state index contributed by atoms with van der Waals surface area (Å²) in [4.78, 5) is 15.2. The van der Waals surface area contributed by atoms with Crippen molar-refractivity contribution in [2.24, 2.45) is 0 Å². The van der Waals surface area contributed by atoms with E-state index in [1.165, 1.54) is 30.4 Å². The van der Waals surface area contributed by atoms with Gasteiger partial charge in [0.15, 0.2) is 0 Å². The van der Waals surface area contributed by atoms with Gasteiger partial charge < -0.3 is 5.32 Å². The van der Waals surface area contributed by atoms with E-state index in [0.29, 0.717) is 0 Å². The molecule has 0 bridgehead atoms. The van der Waals surface area contributed by atoms with E-state index in [1.54, 1.807) is 6.08 Å². The summed E-state index contributed by atoms with van der Waals surface area (Å²) in [6.45, 7) is 2.84. The molecule has 1 fully saturated rings. The van der Waals surface area contributed by atoms with Crippen LogP contribution in [0.2, 0.25) is 0 Å². The molecule has 0 unspecified atom stereocenters. The molecular weight excluding hydrogens is 382 g/mol. The number of rotatable bonds is 6. The number of nitrogens with zero attached hydrogens (tertiary/aromatic N) is 2. The largest absolute Gasteiger partial charge is 0.347 e. The molecule has 0 radical (unpaired) electrons. The van der Waals surface area contributed by atoms with E-state index >= 15 is 0 Å². The van der Waals surface area contributed by atoms with Gasteiger partial charge in [0.05, 0.1) is 11.6 Å². The maximum Gasteiger partial charge on any atom is 0.244 e. The van der Waals surface area contributed by atoms with Gasteiger partial charge in [-0.1, -0.05) is 61.7 Å². The third kappa shape index (κ3) is 5.42. The summed E-state index contributed by atoms with van der Waals surface area (Å²) in [7, 11) is 0. The minimum absolute atomic E-state index is 0.00778. The summed E-state index contributed by atoms with van der Waals surface area (Å²) in [6, 6.07) is 18.3. The third-order valence-corrected chi connectivity index (χ3v) is 6.80. The molecule has 1 amide bonds. The molecule has 1 aliphatic heterocycles. The van der Waals surface area contributed by atoms with Crippen LogP contribution >= 0.6 is 0 Å². The van der Waals surface area contributed by atoms with Crippen molar-refractivity contribution in [3.8, 4) is 6.07 Å². The number of hydrogen-bond acceptors (Lipinski definition) is 3. The van der Waals surface area contributed by atoms with Crippen molar-refractivity contribution >= 4 is 12.0 Å². The van der Waals surface area contributed by atoms with Gasteiger partial charge in [-0.3, -0.25) is 9.69 Å². The first kappa shape index (κ1) is 21.3. The van der Waals surface area contributed by atoms with Crippen LogP contribution in [0.25, 0.3) is 6.08 Å². The van der Waals surface area contributed by atoms with Crippen LogP contribution in [0.5, 0.6) is 0 Å².